The van der Waals surface area contributed by atoms with Gasteiger partial charge in [0.1, 0.15) is 16.6 Å². The summed E-state index contributed by atoms with van der Waals surface area (Å²) in [7, 11) is 0. The summed E-state index contributed by atoms with van der Waals surface area (Å²) < 4.78 is 20.9. The summed E-state index contributed by atoms with van der Waals surface area (Å²) in [5.74, 6) is 6.02. The van der Waals surface area contributed by atoms with Crippen LogP contribution in [0.1, 0.15) is 50.7 Å². The van der Waals surface area contributed by atoms with Crippen LogP contribution in [-0.2, 0) is 0 Å². The van der Waals surface area contributed by atoms with Crippen molar-refractivity contribution >= 4 is 215 Å². The Balaban J connectivity index is 0.0000000980. The summed E-state index contributed by atoms with van der Waals surface area (Å²) in [6.45, 7) is 9.12. The fourth-order valence-electron chi connectivity index (χ4n) is 24.2. The normalized spacial score (nSPS) is 12.5. The molecule has 147 heavy (non-hydrogen) atoms. The van der Waals surface area contributed by atoms with Crippen LogP contribution in [0.15, 0.2) is 431 Å². The van der Waals surface area contributed by atoms with Crippen molar-refractivity contribution in [1.29, 1.82) is 0 Å². The van der Waals surface area contributed by atoms with Gasteiger partial charge < -0.3 is 0 Å². The van der Waals surface area contributed by atoms with Crippen molar-refractivity contribution in [1.82, 2.24) is 69.5 Å². The maximum Gasteiger partial charge on any atom is 0.223 e. The number of hydrogen-bond acceptors (Lipinski definition) is 6. The van der Waals surface area contributed by atoms with Crippen molar-refractivity contribution in [3.05, 3.63) is 442 Å². The average Bonchev–Trinajstić information content (AvgIpc) is 1.52. The lowest BCUT2D eigenvalue weighted by Crippen LogP contribution is -1.95. The molecule has 0 amide bonds. The molecular formula is C132H85N15. The van der Waals surface area contributed by atoms with Crippen LogP contribution in [0, 0.1) is 0 Å². The third kappa shape index (κ3) is 12.1. The minimum atomic E-state index is 0.357. The predicted octanol–water partition coefficient (Wildman–Crippen LogP) is 33.2. The van der Waals surface area contributed by atoms with E-state index in [2.05, 4.69) is 498 Å². The van der Waals surface area contributed by atoms with E-state index < -0.39 is 0 Å². The van der Waals surface area contributed by atoms with Gasteiger partial charge in [0.2, 0.25) is 34.7 Å². The molecule has 0 saturated heterocycles. The average molecular weight is 1880 g/mol. The molecule has 0 aliphatic heterocycles. The molecule has 0 aliphatic rings. The third-order valence-electron chi connectivity index (χ3n) is 31.2. The third-order valence-corrected chi connectivity index (χ3v) is 31.2. The summed E-state index contributed by atoms with van der Waals surface area (Å²) in [5, 5.41) is 14.3. The molecule has 0 bridgehead atoms. The van der Waals surface area contributed by atoms with Crippen LogP contribution >= 0.6 is 0 Å². The van der Waals surface area contributed by atoms with Gasteiger partial charge in [-0.1, -0.05) is 319 Å². The van der Waals surface area contributed by atoms with Gasteiger partial charge in [0.15, 0.2) is 0 Å². The van der Waals surface area contributed by atoms with Crippen molar-refractivity contribution < 1.29 is 0 Å². The van der Waals surface area contributed by atoms with Crippen molar-refractivity contribution in [2.45, 2.75) is 39.5 Å². The van der Waals surface area contributed by atoms with Gasteiger partial charge in [-0.3, -0.25) is 26.4 Å². The number of aromatic nitrogens is 15. The minimum Gasteiger partial charge on any atom is -0.276 e. The summed E-state index contributed by atoms with van der Waals surface area (Å²) in [6.07, 6.45) is 0. The van der Waals surface area contributed by atoms with Gasteiger partial charge in [0.05, 0.1) is 99.3 Å². The largest absolute Gasteiger partial charge is 0.276 e. The van der Waals surface area contributed by atoms with Gasteiger partial charge in [-0.15, -0.1) is 0 Å². The number of rotatable bonds is 9. The maximum atomic E-state index is 5.31. The Morgan fingerprint density at radius 2 is 0.354 bits per heavy atom. The van der Waals surface area contributed by atoms with Crippen molar-refractivity contribution in [2.24, 2.45) is 0 Å². The molecule has 0 spiro atoms. The van der Waals surface area contributed by atoms with Crippen LogP contribution in [0.5, 0.6) is 0 Å². The molecule has 22 aromatic carbocycles. The van der Waals surface area contributed by atoms with Crippen molar-refractivity contribution in [3.8, 4) is 77.9 Å². The second-order valence-electron chi connectivity index (χ2n) is 40.4. The van der Waals surface area contributed by atoms with E-state index in [1.165, 1.54) is 143 Å². The SMILES string of the molecule is CC(C)c1cc(-c2ccccc2)cc(-c2cc3c4c(c2)n2c5cc6ccccc6cc5nc2n4c2nc4cc5ccccc5cc4n32)c1.CC(C)c1ccc(-c2ccccc2)cc1-c1cc2c3c(c1)n1c4cc5ccccc5cc4nc1n3c1nc3cc4ccccc4cc3n21.c1ccc(-c2cc(-c3ccccc3)cc(-c3cc4c5c(c3)n3c6cc7ccccc7cc6nc3n5c3nc5cc6ccccc6cc5n43)c2)cc1. The number of nitrogens with zero attached hydrogens (tertiary/aromatic N) is 15. The maximum absolute atomic E-state index is 5.31. The summed E-state index contributed by atoms with van der Waals surface area (Å²) in [6, 6.07) is 156. The van der Waals surface area contributed by atoms with Gasteiger partial charge in [-0.2, -0.15) is 0 Å². The summed E-state index contributed by atoms with van der Waals surface area (Å²) in [4.78, 5) is 31.8. The molecule has 15 heteroatoms. The highest BCUT2D eigenvalue weighted by Crippen LogP contribution is 2.48. The molecule has 15 nitrogen and oxygen atoms in total. The monoisotopic (exact) mass is 1880 g/mol. The topological polar surface area (TPSA) is 117 Å². The highest BCUT2D eigenvalue weighted by atomic mass is 15.3. The van der Waals surface area contributed by atoms with Crippen LogP contribution in [0.25, 0.3) is 293 Å². The molecule has 0 fully saturated rings. The lowest BCUT2D eigenvalue weighted by Gasteiger charge is -2.16. The molecule has 0 saturated carbocycles. The van der Waals surface area contributed by atoms with E-state index >= 15 is 0 Å². The molecule has 0 aliphatic carbocycles. The fourth-order valence-corrected chi connectivity index (χ4v) is 24.2. The standard InChI is InChI=1S/C46H27N5.2C43H29N5/c1-3-11-28(12-4-1)34-19-35(29-13-5-2-6-14-29)21-36(20-34)37-26-42-44-43(27-37)50-41-25-33-18-10-8-16-31(33)23-39(41)48-46(50)51(44)45-47-38-22-30-15-7-9-17-32(30)24-40(38)49(42)45;1-25(2)31-16-32(26-10-4-3-5-11-26)18-33(17-31)34-23-39-41-40(24-34)47-38-22-30-15-9-7-13-28(30)20-36(38)45-43(47)48(41)42-44-35-19-27-12-6-8-14-29(27)21-37(35)46(39)42;1-25(2)33-17-16-31(26-10-4-3-5-11-26)18-34(33)32-23-39-41-40(24-32)47-38-22-30-15-9-7-13-28(30)20-36(38)45-43(47)48(41)42-44-35-19-27-12-6-8-14-29(27)21-37(35)46(39)42/h1-27H;2*3-25H,1-2H3. The van der Waals surface area contributed by atoms with Crippen molar-refractivity contribution in [2.75, 3.05) is 0 Å². The van der Waals surface area contributed by atoms with E-state index in [-0.39, 0.29) is 0 Å². The van der Waals surface area contributed by atoms with E-state index in [0.29, 0.717) is 11.8 Å². The summed E-state index contributed by atoms with van der Waals surface area (Å²) in [5.41, 5.74) is 42.1. The van der Waals surface area contributed by atoms with E-state index in [0.717, 1.165) is 162 Å². The number of imidazole rings is 12. The zero-order chi connectivity index (χ0) is 96.6. The van der Waals surface area contributed by atoms with Crippen LogP contribution in [0.3, 0.4) is 0 Å². The summed E-state index contributed by atoms with van der Waals surface area (Å²) >= 11 is 0. The molecule has 0 atom stereocenters. The molecule has 34 rings (SSSR count). The second kappa shape index (κ2) is 30.6. The van der Waals surface area contributed by atoms with Gasteiger partial charge in [0.25, 0.3) is 0 Å². The van der Waals surface area contributed by atoms with Crippen LogP contribution in [0.4, 0.5) is 0 Å². The predicted molar refractivity (Wildman–Crippen MR) is 607 cm³/mol. The van der Waals surface area contributed by atoms with Gasteiger partial charge in [-0.25, -0.2) is 43.1 Å². The van der Waals surface area contributed by atoms with E-state index in [4.69, 9.17) is 29.9 Å². The number of benzene rings is 22. The molecule has 12 aromatic heterocycles. The lowest BCUT2D eigenvalue weighted by atomic mass is 9.89. The Morgan fingerprint density at radius 1 is 0.150 bits per heavy atom. The van der Waals surface area contributed by atoms with Crippen LogP contribution in [0.2, 0.25) is 0 Å². The van der Waals surface area contributed by atoms with Crippen LogP contribution in [-0.4, -0.2) is 69.5 Å². The Kier molecular flexibility index (Phi) is 16.9. The first kappa shape index (κ1) is 81.3. The van der Waals surface area contributed by atoms with Gasteiger partial charge in [-0.05, 0) is 305 Å². The Morgan fingerprint density at radius 3 is 0.599 bits per heavy atom. The number of fused-ring (bicyclic) bond motifs is 36. The quantitative estimate of drug-likeness (QED) is 0.142. The second-order valence-corrected chi connectivity index (χ2v) is 40.4. The molecule has 12 heterocycles. The molecular weight excluding hydrogens is 1800 g/mol. The van der Waals surface area contributed by atoms with E-state index in [9.17, 15) is 0 Å². The molecule has 0 radical (unpaired) electrons. The van der Waals surface area contributed by atoms with Gasteiger partial charge in [0, 0.05) is 0 Å². The highest BCUT2D eigenvalue weighted by molar-refractivity contribution is 6.14. The minimum absolute atomic E-state index is 0.357. The smallest absolute Gasteiger partial charge is 0.223 e. The first-order chi connectivity index (χ1) is 72.4. The fraction of sp³-hybridized carbons (Fsp3) is 0.0455. The molecule has 34 aromatic rings. The molecule has 0 N–H and O–H groups in total. The first-order valence-electron chi connectivity index (χ1n) is 50.6. The molecule has 688 valence electrons. The first-order valence-corrected chi connectivity index (χ1v) is 50.6. The lowest BCUT2D eigenvalue weighted by molar-refractivity contribution is 0.867. The zero-order valence-corrected chi connectivity index (χ0v) is 80.4. The van der Waals surface area contributed by atoms with E-state index in [1.807, 2.05) is 0 Å². The Labute approximate surface area is 838 Å². The van der Waals surface area contributed by atoms with Crippen LogP contribution < -0.4 is 0 Å². The zero-order valence-electron chi connectivity index (χ0n) is 80.4. The highest BCUT2D eigenvalue weighted by Gasteiger charge is 2.32. The molecule has 0 unspecified atom stereocenters. The van der Waals surface area contributed by atoms with E-state index in [1.54, 1.807) is 0 Å². The van der Waals surface area contributed by atoms with Crippen molar-refractivity contribution in [3.63, 3.8) is 0 Å². The Hall–Kier alpha value is -19.4. The number of hydrogen-bond donors (Lipinski definition) is 0. The Bertz CT molecular complexity index is 11000. The van der Waals surface area contributed by atoms with Gasteiger partial charge >= 0.3 is 0 Å².